The Kier molecular flexibility index (Phi) is 6.99. The number of hydrogen-bond acceptors (Lipinski definition) is 5. The molecule has 1 aliphatic heterocycles. The average Bonchev–Trinajstić information content (AvgIpc) is 3.28. The largest absolute Gasteiger partial charge is 0.462 e. The summed E-state index contributed by atoms with van der Waals surface area (Å²) in [5.74, 6) is -0.488. The summed E-state index contributed by atoms with van der Waals surface area (Å²) in [4.78, 5) is 19.9. The summed E-state index contributed by atoms with van der Waals surface area (Å²) in [6.45, 7) is 2.26. The van der Waals surface area contributed by atoms with Crippen LogP contribution in [-0.4, -0.2) is 63.3 Å². The third kappa shape index (κ3) is 5.53. The Balaban J connectivity index is 1.69. The first kappa shape index (κ1) is 21.7. The summed E-state index contributed by atoms with van der Waals surface area (Å²) in [5, 5.41) is 0. The molecule has 0 bridgehead atoms. The van der Waals surface area contributed by atoms with Crippen LogP contribution in [-0.2, 0) is 15.7 Å². The number of hydrogen-bond donors (Lipinski definition) is 0. The summed E-state index contributed by atoms with van der Waals surface area (Å²) in [7, 11) is 1.53. The fraction of sp³-hybridized carbons (Fsp3) is 0.400. The highest BCUT2D eigenvalue weighted by Crippen LogP contribution is 2.31. The Labute approximate surface area is 171 Å². The molecule has 0 aliphatic carbocycles. The normalized spacial score (nSPS) is 15.4. The fourth-order valence-electron chi connectivity index (χ4n) is 2.99. The van der Waals surface area contributed by atoms with E-state index in [-0.39, 0.29) is 18.4 Å². The van der Waals surface area contributed by atoms with Gasteiger partial charge in [-0.1, -0.05) is 6.07 Å². The molecule has 0 N–H and O–H groups in total. The monoisotopic (exact) mass is 425 g/mol. The third-order valence-electron chi connectivity index (χ3n) is 4.54. The zero-order valence-electron chi connectivity index (χ0n) is 16.4. The van der Waals surface area contributed by atoms with E-state index < -0.39 is 17.6 Å². The van der Waals surface area contributed by atoms with Crippen LogP contribution in [0, 0.1) is 0 Å². The maximum absolute atomic E-state index is 13.0. The molecule has 0 atom stereocenters. The molecule has 10 heteroatoms. The Morgan fingerprint density at radius 2 is 1.90 bits per heavy atom. The van der Waals surface area contributed by atoms with E-state index in [1.165, 1.54) is 25.5 Å². The van der Waals surface area contributed by atoms with Crippen molar-refractivity contribution in [1.82, 2.24) is 4.90 Å². The highest BCUT2D eigenvalue weighted by Gasteiger charge is 2.31. The molecule has 1 saturated heterocycles. The molecule has 1 aromatic heterocycles. The third-order valence-corrected chi connectivity index (χ3v) is 4.54. The van der Waals surface area contributed by atoms with Crippen LogP contribution in [0.3, 0.4) is 0 Å². The second-order valence-corrected chi connectivity index (χ2v) is 6.54. The summed E-state index contributed by atoms with van der Waals surface area (Å²) in [5.41, 5.74) is -0.188. The number of furan rings is 1. The molecule has 1 fully saturated rings. The molecule has 0 radical (unpaired) electrons. The van der Waals surface area contributed by atoms with E-state index in [9.17, 15) is 18.0 Å². The molecular formula is C20H22F3N3O4. The molecule has 7 nitrogen and oxygen atoms in total. The number of carbonyl (C=O) groups excluding carboxylic acids is 1. The number of carbonyl (C=O) groups is 1. The lowest BCUT2D eigenvalue weighted by atomic mass is 10.1. The first-order chi connectivity index (χ1) is 14.4. The predicted molar refractivity (Wildman–Crippen MR) is 104 cm³/mol. The molecule has 2 aromatic rings. The lowest BCUT2D eigenvalue weighted by Gasteiger charge is -2.37. The van der Waals surface area contributed by atoms with Gasteiger partial charge in [0.25, 0.3) is 6.02 Å². The Morgan fingerprint density at radius 1 is 1.13 bits per heavy atom. The second-order valence-electron chi connectivity index (χ2n) is 6.54. The van der Waals surface area contributed by atoms with Crippen LogP contribution in [0.15, 0.2) is 52.1 Å². The standard InChI is InChI=1S/C20H22F3N3O4/c1-28-12-13-30-19(24-18(27)17-6-3-11-29-17)26-9-7-25(8-10-26)16-5-2-4-15(14-16)20(21,22)23/h2-6,11,14H,7-10,12-13H2,1H3. The van der Waals surface area contributed by atoms with Crippen LogP contribution >= 0.6 is 0 Å². The molecule has 1 aliphatic rings. The van der Waals surface area contributed by atoms with Gasteiger partial charge in [-0.05, 0) is 30.3 Å². The van der Waals surface area contributed by atoms with Gasteiger partial charge < -0.3 is 23.7 Å². The molecule has 162 valence electrons. The van der Waals surface area contributed by atoms with Crippen LogP contribution < -0.4 is 4.90 Å². The summed E-state index contributed by atoms with van der Waals surface area (Å²) < 4.78 is 54.6. The molecule has 0 saturated carbocycles. The minimum atomic E-state index is -4.39. The van der Waals surface area contributed by atoms with Crippen molar-refractivity contribution < 1.29 is 31.9 Å². The van der Waals surface area contributed by atoms with E-state index in [1.807, 2.05) is 4.90 Å². The SMILES string of the molecule is COCCOC(=NC(=O)c1ccco1)N1CCN(c2cccc(C(F)(F)F)c2)CC1. The smallest absolute Gasteiger partial charge is 0.416 e. The fourth-order valence-corrected chi connectivity index (χ4v) is 2.99. The van der Waals surface area contributed by atoms with Crippen molar-refractivity contribution in [3.8, 4) is 0 Å². The molecule has 1 aromatic carbocycles. The number of alkyl halides is 3. The van der Waals surface area contributed by atoms with Crippen molar-refractivity contribution in [3.05, 3.63) is 54.0 Å². The van der Waals surface area contributed by atoms with Gasteiger partial charge in [-0.25, -0.2) is 0 Å². The van der Waals surface area contributed by atoms with Crippen molar-refractivity contribution in [2.24, 2.45) is 4.99 Å². The maximum atomic E-state index is 13.0. The number of anilines is 1. The van der Waals surface area contributed by atoms with Crippen LogP contribution in [0.5, 0.6) is 0 Å². The number of rotatable bonds is 5. The maximum Gasteiger partial charge on any atom is 0.416 e. The minimum absolute atomic E-state index is 0.0884. The van der Waals surface area contributed by atoms with Gasteiger partial charge in [-0.3, -0.25) is 4.79 Å². The molecular weight excluding hydrogens is 403 g/mol. The van der Waals surface area contributed by atoms with E-state index in [1.54, 1.807) is 17.0 Å². The van der Waals surface area contributed by atoms with Crippen molar-refractivity contribution in [2.75, 3.05) is 51.4 Å². The first-order valence-corrected chi connectivity index (χ1v) is 9.34. The van der Waals surface area contributed by atoms with Crippen molar-refractivity contribution >= 4 is 17.6 Å². The number of ether oxygens (including phenoxy) is 2. The lowest BCUT2D eigenvalue weighted by molar-refractivity contribution is -0.137. The van der Waals surface area contributed by atoms with Crippen LogP contribution in [0.25, 0.3) is 0 Å². The van der Waals surface area contributed by atoms with E-state index in [0.717, 1.165) is 12.1 Å². The number of amidine groups is 1. The number of amides is 1. The number of benzene rings is 1. The molecule has 1 amide bonds. The quantitative estimate of drug-likeness (QED) is 0.416. The number of methoxy groups -OCH3 is 1. The molecule has 2 heterocycles. The Bertz CT molecular complexity index is 860. The van der Waals surface area contributed by atoms with E-state index in [4.69, 9.17) is 13.9 Å². The lowest BCUT2D eigenvalue weighted by Crippen LogP contribution is -2.49. The van der Waals surface area contributed by atoms with E-state index >= 15 is 0 Å². The van der Waals surface area contributed by atoms with Crippen molar-refractivity contribution in [2.45, 2.75) is 6.18 Å². The van der Waals surface area contributed by atoms with Crippen LogP contribution in [0.1, 0.15) is 16.1 Å². The van der Waals surface area contributed by atoms with E-state index in [0.29, 0.717) is 38.5 Å². The van der Waals surface area contributed by atoms with Gasteiger partial charge in [0.2, 0.25) is 0 Å². The summed E-state index contributed by atoms with van der Waals surface area (Å²) >= 11 is 0. The van der Waals surface area contributed by atoms with Crippen molar-refractivity contribution in [3.63, 3.8) is 0 Å². The highest BCUT2D eigenvalue weighted by atomic mass is 19.4. The molecule has 0 spiro atoms. The van der Waals surface area contributed by atoms with Gasteiger partial charge in [0, 0.05) is 39.0 Å². The molecule has 0 unspecified atom stereocenters. The topological polar surface area (TPSA) is 67.5 Å². The van der Waals surface area contributed by atoms with Crippen LogP contribution in [0.4, 0.5) is 18.9 Å². The van der Waals surface area contributed by atoms with E-state index in [2.05, 4.69) is 4.99 Å². The number of piperazine rings is 1. The molecule has 30 heavy (non-hydrogen) atoms. The highest BCUT2D eigenvalue weighted by molar-refractivity contribution is 5.99. The number of aliphatic imine (C=N–C) groups is 1. The summed E-state index contributed by atoms with van der Waals surface area (Å²) in [6, 6.07) is 8.46. The van der Waals surface area contributed by atoms with Crippen LogP contribution in [0.2, 0.25) is 0 Å². The van der Waals surface area contributed by atoms with Crippen molar-refractivity contribution in [1.29, 1.82) is 0 Å². The average molecular weight is 425 g/mol. The van der Waals surface area contributed by atoms with Gasteiger partial charge in [0.1, 0.15) is 6.61 Å². The Morgan fingerprint density at radius 3 is 2.53 bits per heavy atom. The second kappa shape index (κ2) is 9.66. The first-order valence-electron chi connectivity index (χ1n) is 9.34. The Hall–Kier alpha value is -3.01. The zero-order valence-corrected chi connectivity index (χ0v) is 16.4. The predicted octanol–water partition coefficient (Wildman–Crippen LogP) is 3.28. The van der Waals surface area contributed by atoms with Gasteiger partial charge in [-0.15, -0.1) is 0 Å². The zero-order chi connectivity index (χ0) is 21.6. The van der Waals surface area contributed by atoms with Gasteiger partial charge in [0.05, 0.1) is 18.4 Å². The number of nitrogens with zero attached hydrogens (tertiary/aromatic N) is 3. The summed E-state index contributed by atoms with van der Waals surface area (Å²) in [6.07, 6.45) is -3.01. The van der Waals surface area contributed by atoms with Gasteiger partial charge in [-0.2, -0.15) is 18.2 Å². The van der Waals surface area contributed by atoms with Gasteiger partial charge >= 0.3 is 12.1 Å². The number of halogens is 3. The molecule has 3 rings (SSSR count). The van der Waals surface area contributed by atoms with Gasteiger partial charge in [0.15, 0.2) is 5.76 Å². The minimum Gasteiger partial charge on any atom is -0.462 e.